The number of aromatic nitrogens is 1. The Labute approximate surface area is 387 Å². The summed E-state index contributed by atoms with van der Waals surface area (Å²) >= 11 is 1.95. The Bertz CT molecular complexity index is 3900. The number of rotatable bonds is 4. The first-order chi connectivity index (χ1) is 32.8. The molecule has 0 saturated heterocycles. The molecule has 0 saturated carbocycles. The van der Waals surface area contributed by atoms with Gasteiger partial charge in [0.05, 0.1) is 16.4 Å². The largest absolute Gasteiger partial charge is 0.309 e. The molecule has 0 bridgehead atoms. The summed E-state index contributed by atoms with van der Waals surface area (Å²) in [6.45, 7) is 0. The quantitative estimate of drug-likeness (QED) is 0.166. The summed E-state index contributed by atoms with van der Waals surface area (Å²) in [5.41, 5.74) is 24.4. The summed E-state index contributed by atoms with van der Waals surface area (Å²) in [6.07, 6.45) is 0. The first kappa shape index (κ1) is 36.3. The molecular weight excluding hydrogens is 815 g/mol. The van der Waals surface area contributed by atoms with Crippen molar-refractivity contribution in [3.63, 3.8) is 0 Å². The summed E-state index contributed by atoms with van der Waals surface area (Å²) < 4.78 is 3.74. The van der Waals surface area contributed by atoms with E-state index in [0.717, 1.165) is 5.69 Å². The molecule has 0 radical (unpaired) electrons. The molecule has 0 aliphatic heterocycles. The molecule has 1 unspecified atom stereocenters. The van der Waals surface area contributed by atoms with Gasteiger partial charge < -0.3 is 4.57 Å². The standard InChI is InChI=1S/C64H39NS/c1-3-19-51-45(14-1)46-15-2-4-20-52(46)60(51)41-30-28-40(29-31-41)44-22-13-23-54-61(44)64(62-53-21-8-12-27-59(53)66-63(54)62)55-24-9-5-16-47(55)48-37-34-42(38-56(48)64)39-32-35-43(36-33-39)65-57-25-10-6-17-49(57)50-18-7-11-26-58(50)65/h1-38,60H. The Hall–Kier alpha value is -8.04. The van der Waals surface area contributed by atoms with Crippen molar-refractivity contribution in [3.8, 4) is 60.6 Å². The van der Waals surface area contributed by atoms with E-state index in [0.29, 0.717) is 0 Å². The minimum atomic E-state index is -0.520. The van der Waals surface area contributed by atoms with E-state index in [2.05, 4.69) is 235 Å². The maximum absolute atomic E-state index is 2.53. The van der Waals surface area contributed by atoms with E-state index in [1.807, 2.05) is 11.3 Å². The second-order valence-corrected chi connectivity index (χ2v) is 19.3. The van der Waals surface area contributed by atoms with Crippen LogP contribution in [-0.2, 0) is 5.41 Å². The lowest BCUT2D eigenvalue weighted by atomic mass is 9.68. The van der Waals surface area contributed by atoms with Crippen molar-refractivity contribution in [2.24, 2.45) is 0 Å². The predicted molar refractivity (Wildman–Crippen MR) is 276 cm³/mol. The Kier molecular flexibility index (Phi) is 7.43. The van der Waals surface area contributed by atoms with Crippen LogP contribution in [0.4, 0.5) is 0 Å². The van der Waals surface area contributed by atoms with Crippen LogP contribution in [0.1, 0.15) is 44.9 Å². The van der Waals surface area contributed by atoms with Gasteiger partial charge in [-0.3, -0.25) is 0 Å². The monoisotopic (exact) mass is 853 g/mol. The average molecular weight is 854 g/mol. The zero-order valence-corrected chi connectivity index (χ0v) is 36.7. The fraction of sp³-hybridized carbons (Fsp3) is 0.0312. The molecule has 1 nitrogen and oxygen atoms in total. The predicted octanol–water partition coefficient (Wildman–Crippen LogP) is 16.8. The van der Waals surface area contributed by atoms with Crippen molar-refractivity contribution in [1.82, 2.24) is 4.57 Å². The number of nitrogens with zero attached hydrogens (tertiary/aromatic N) is 1. The molecule has 0 N–H and O–H groups in total. The second-order valence-electron chi connectivity index (χ2n) is 18.2. The number of benzene rings is 10. The van der Waals surface area contributed by atoms with Crippen molar-refractivity contribution in [2.75, 3.05) is 0 Å². The van der Waals surface area contributed by atoms with Gasteiger partial charge in [-0.2, -0.15) is 0 Å². The van der Waals surface area contributed by atoms with E-state index in [1.165, 1.54) is 126 Å². The van der Waals surface area contributed by atoms with Crippen LogP contribution < -0.4 is 0 Å². The van der Waals surface area contributed by atoms with Crippen LogP contribution in [0, 0.1) is 0 Å². The molecule has 2 heteroatoms. The molecule has 0 amide bonds. The molecule has 1 atom stereocenters. The van der Waals surface area contributed by atoms with Crippen molar-refractivity contribution < 1.29 is 0 Å². The highest BCUT2D eigenvalue weighted by Gasteiger charge is 2.54. The van der Waals surface area contributed by atoms with Crippen LogP contribution in [0.3, 0.4) is 0 Å². The lowest BCUT2D eigenvalue weighted by molar-refractivity contribution is 0.805. The lowest BCUT2D eigenvalue weighted by Crippen LogP contribution is -2.26. The van der Waals surface area contributed by atoms with E-state index < -0.39 is 5.41 Å². The van der Waals surface area contributed by atoms with Crippen LogP contribution in [-0.4, -0.2) is 4.57 Å². The van der Waals surface area contributed by atoms with Crippen molar-refractivity contribution in [1.29, 1.82) is 0 Å². The Morgan fingerprint density at radius 2 is 0.909 bits per heavy atom. The third kappa shape index (κ3) is 4.73. The molecular formula is C64H39NS. The van der Waals surface area contributed by atoms with Gasteiger partial charge in [-0.25, -0.2) is 0 Å². The fourth-order valence-electron chi connectivity index (χ4n) is 12.5. The highest BCUT2D eigenvalue weighted by Crippen LogP contribution is 2.68. The van der Waals surface area contributed by atoms with Gasteiger partial charge in [0, 0.05) is 32.0 Å². The van der Waals surface area contributed by atoms with Gasteiger partial charge in [-0.05, 0) is 131 Å². The second kappa shape index (κ2) is 13.5. The minimum Gasteiger partial charge on any atom is -0.309 e. The van der Waals surface area contributed by atoms with Crippen LogP contribution in [0.5, 0.6) is 0 Å². The summed E-state index contributed by atoms with van der Waals surface area (Å²) in [5.74, 6) is 0.209. The fourth-order valence-corrected chi connectivity index (χ4v) is 13.8. The molecule has 0 fully saturated rings. The lowest BCUT2D eigenvalue weighted by Gasteiger charge is -2.32. The maximum Gasteiger partial charge on any atom is 0.0746 e. The van der Waals surface area contributed by atoms with Gasteiger partial charge in [0.25, 0.3) is 0 Å². The van der Waals surface area contributed by atoms with Gasteiger partial charge in [0.1, 0.15) is 0 Å². The topological polar surface area (TPSA) is 4.93 Å². The molecule has 3 aliphatic rings. The normalized spacial score (nSPS) is 15.3. The van der Waals surface area contributed by atoms with Crippen molar-refractivity contribution >= 4 is 43.2 Å². The molecule has 12 aromatic rings. The third-order valence-corrected chi connectivity index (χ3v) is 16.3. The first-order valence-electron chi connectivity index (χ1n) is 23.0. The van der Waals surface area contributed by atoms with E-state index >= 15 is 0 Å². The molecule has 1 spiro atoms. The highest BCUT2D eigenvalue weighted by molar-refractivity contribution is 7.22. The smallest absolute Gasteiger partial charge is 0.0746 e. The Morgan fingerprint density at radius 1 is 0.364 bits per heavy atom. The van der Waals surface area contributed by atoms with Gasteiger partial charge in [-0.1, -0.05) is 194 Å². The summed E-state index contributed by atoms with van der Waals surface area (Å²) in [6, 6.07) is 86.9. The number of thiophene rings is 1. The number of para-hydroxylation sites is 2. The third-order valence-electron chi connectivity index (χ3n) is 15.1. The van der Waals surface area contributed by atoms with E-state index in [4.69, 9.17) is 0 Å². The zero-order valence-electron chi connectivity index (χ0n) is 35.9. The molecule has 10 aromatic carbocycles. The Morgan fingerprint density at radius 3 is 1.64 bits per heavy atom. The molecule has 66 heavy (non-hydrogen) atoms. The Balaban J connectivity index is 0.925. The molecule has 2 aromatic heterocycles. The summed E-state index contributed by atoms with van der Waals surface area (Å²) in [5, 5.41) is 3.90. The zero-order chi connectivity index (χ0) is 43.1. The number of fused-ring (bicyclic) bond motifs is 18. The van der Waals surface area contributed by atoms with Crippen LogP contribution in [0.15, 0.2) is 231 Å². The van der Waals surface area contributed by atoms with E-state index in [-0.39, 0.29) is 5.92 Å². The highest BCUT2D eigenvalue weighted by atomic mass is 32.1. The molecule has 306 valence electrons. The van der Waals surface area contributed by atoms with E-state index in [9.17, 15) is 0 Å². The van der Waals surface area contributed by atoms with Crippen molar-refractivity contribution in [3.05, 3.63) is 269 Å². The van der Waals surface area contributed by atoms with Gasteiger partial charge in [0.15, 0.2) is 0 Å². The van der Waals surface area contributed by atoms with Gasteiger partial charge in [-0.15, -0.1) is 11.3 Å². The SMILES string of the molecule is c1ccc2c(c1)-c1ccccc1C2c1ccc(-c2cccc3c2C2(c4ccccc4-c4ccc(-c5ccc(-n6c7ccccc7c7ccccc76)cc5)cc42)c2c-3sc3ccccc23)cc1. The first-order valence-corrected chi connectivity index (χ1v) is 23.9. The molecule has 15 rings (SSSR count). The van der Waals surface area contributed by atoms with Crippen molar-refractivity contribution in [2.45, 2.75) is 11.3 Å². The average Bonchev–Trinajstić information content (AvgIpc) is 4.17. The number of hydrogen-bond acceptors (Lipinski definition) is 1. The number of hydrogen-bond donors (Lipinski definition) is 0. The molecule has 3 aliphatic carbocycles. The summed E-state index contributed by atoms with van der Waals surface area (Å²) in [4.78, 5) is 1.38. The van der Waals surface area contributed by atoms with Gasteiger partial charge >= 0.3 is 0 Å². The van der Waals surface area contributed by atoms with Crippen LogP contribution in [0.25, 0.3) is 92.5 Å². The summed E-state index contributed by atoms with van der Waals surface area (Å²) in [7, 11) is 0. The van der Waals surface area contributed by atoms with Gasteiger partial charge in [0.2, 0.25) is 0 Å². The maximum atomic E-state index is 2.53. The molecule has 2 heterocycles. The minimum absolute atomic E-state index is 0.209. The van der Waals surface area contributed by atoms with E-state index in [1.54, 1.807) is 0 Å². The van der Waals surface area contributed by atoms with Crippen LogP contribution in [0.2, 0.25) is 0 Å². The van der Waals surface area contributed by atoms with Crippen LogP contribution >= 0.6 is 11.3 Å².